The van der Waals surface area contributed by atoms with Crippen LogP contribution in [0.1, 0.15) is 5.56 Å². The second-order valence-electron chi connectivity index (χ2n) is 6.49. The van der Waals surface area contributed by atoms with Gasteiger partial charge in [-0.05, 0) is 6.92 Å². The lowest BCUT2D eigenvalue weighted by molar-refractivity contribution is 0.434. The van der Waals surface area contributed by atoms with Crippen LogP contribution in [0.25, 0.3) is 0 Å². The first-order valence-corrected chi connectivity index (χ1v) is 8.29. The minimum atomic E-state index is -3.38. The van der Waals surface area contributed by atoms with E-state index >= 15 is 0 Å². The quantitative estimate of drug-likeness (QED) is 0.233. The fourth-order valence-corrected chi connectivity index (χ4v) is 3.15. The smallest absolute Gasteiger partial charge is 0.207 e. The molecule has 0 saturated carbocycles. The highest BCUT2D eigenvalue weighted by Gasteiger charge is 2.42. The molecule has 0 saturated heterocycles. The molecule has 0 spiro atoms. The van der Waals surface area contributed by atoms with Crippen LogP contribution in [0.4, 0.5) is 52.7 Å². The third-order valence-electron chi connectivity index (χ3n) is 4.67. The average Bonchev–Trinajstić information content (AvgIpc) is 2.73. The molecule has 0 fully saturated rings. The van der Waals surface area contributed by atoms with Gasteiger partial charge in [0.05, 0.1) is 0 Å². The zero-order valence-corrected chi connectivity index (χ0v) is 15.3. The second kappa shape index (κ2) is 8.10. The molecule has 0 aromatic heterocycles. The molecule has 3 rings (SSSR count). The Morgan fingerprint density at radius 1 is 0.406 bits per heavy atom. The van der Waals surface area contributed by atoms with Crippen LogP contribution in [-0.2, 0) is 0 Å². The lowest BCUT2D eigenvalue weighted by atomic mass is 9.35. The Bertz CT molecular complexity index is 1130. The standard InChI is InChI=1S/C19H5BF12/c1-4-12(25)9(18(31)19(32)13(4)26)20(10-14(27)5(21)2-6(22)15(10)28)11-16(29)7(23)3-8(24)17(11)30/h2-3H,1H3. The maximum absolute atomic E-state index is 14.7. The summed E-state index contributed by atoms with van der Waals surface area (Å²) in [6, 6.07) is -0.763. The molecule has 13 heteroatoms. The van der Waals surface area contributed by atoms with Crippen molar-refractivity contribution in [2.45, 2.75) is 6.92 Å². The number of rotatable bonds is 3. The molecule has 3 aromatic carbocycles. The van der Waals surface area contributed by atoms with Crippen LogP contribution >= 0.6 is 0 Å². The molecule has 0 aliphatic rings. The lowest BCUT2D eigenvalue weighted by Gasteiger charge is -2.21. The van der Waals surface area contributed by atoms with Gasteiger partial charge in [0.1, 0.15) is 5.82 Å². The van der Waals surface area contributed by atoms with E-state index in [0.717, 1.165) is 0 Å². The molecular weight excluding hydrogens is 467 g/mol. The molecule has 32 heavy (non-hydrogen) atoms. The van der Waals surface area contributed by atoms with Gasteiger partial charge < -0.3 is 0 Å². The Labute approximate surface area is 171 Å². The van der Waals surface area contributed by atoms with E-state index in [4.69, 9.17) is 0 Å². The van der Waals surface area contributed by atoms with E-state index in [0.29, 0.717) is 6.92 Å². The van der Waals surface area contributed by atoms with Crippen LogP contribution in [0.15, 0.2) is 12.1 Å². The van der Waals surface area contributed by atoms with Crippen molar-refractivity contribution in [3.05, 3.63) is 87.5 Å². The predicted octanol–water partition coefficient (Wildman–Crippen LogP) is 4.18. The molecule has 0 aliphatic heterocycles. The summed E-state index contributed by atoms with van der Waals surface area (Å²) in [5.74, 6) is -28.3. The van der Waals surface area contributed by atoms with Crippen LogP contribution in [0.5, 0.6) is 0 Å². The number of hydrogen-bond acceptors (Lipinski definition) is 0. The van der Waals surface area contributed by atoms with Gasteiger partial charge >= 0.3 is 0 Å². The SMILES string of the molecule is Cc1c(F)c(F)c(F)c(B(c2c(F)c(F)cc(F)c2F)c2c(F)c(F)cc(F)c2F)c1F. The molecule has 0 bridgehead atoms. The molecule has 0 nitrogen and oxygen atoms in total. The summed E-state index contributed by atoms with van der Waals surface area (Å²) in [5.41, 5.74) is -7.76. The topological polar surface area (TPSA) is 0 Å². The Hall–Kier alpha value is -3.12. The molecule has 0 heterocycles. The van der Waals surface area contributed by atoms with Gasteiger partial charge in [0.2, 0.25) is 0 Å². The molecule has 0 unspecified atom stereocenters. The Kier molecular flexibility index (Phi) is 5.96. The first kappa shape index (κ1) is 23.5. The summed E-state index contributed by atoms with van der Waals surface area (Å²) in [4.78, 5) is 0. The van der Waals surface area contributed by atoms with Gasteiger partial charge in [0.15, 0.2) is 64.0 Å². The fraction of sp³-hybridized carbons (Fsp3) is 0.0526. The number of benzene rings is 3. The van der Waals surface area contributed by atoms with Crippen molar-refractivity contribution in [3.63, 3.8) is 0 Å². The van der Waals surface area contributed by atoms with Gasteiger partial charge in [-0.15, -0.1) is 0 Å². The normalized spacial score (nSPS) is 11.3. The Morgan fingerprint density at radius 2 is 0.719 bits per heavy atom. The van der Waals surface area contributed by atoms with E-state index in [9.17, 15) is 52.7 Å². The zero-order chi connectivity index (χ0) is 24.2. The summed E-state index contributed by atoms with van der Waals surface area (Å²) < 4.78 is 170. The summed E-state index contributed by atoms with van der Waals surface area (Å²) >= 11 is 0. The van der Waals surface area contributed by atoms with E-state index in [2.05, 4.69) is 0 Å². The van der Waals surface area contributed by atoms with Crippen LogP contribution in [0, 0.1) is 76.7 Å². The van der Waals surface area contributed by atoms with Crippen molar-refractivity contribution < 1.29 is 52.7 Å². The number of halogens is 12. The molecule has 168 valence electrons. The highest BCUT2D eigenvalue weighted by molar-refractivity contribution is 6.95. The first-order chi connectivity index (χ1) is 14.8. The second-order valence-corrected chi connectivity index (χ2v) is 6.49. The van der Waals surface area contributed by atoms with Crippen molar-refractivity contribution >= 4 is 23.1 Å². The maximum atomic E-state index is 14.7. The van der Waals surface area contributed by atoms with Gasteiger partial charge in [-0.1, -0.05) is 0 Å². The lowest BCUT2D eigenvalue weighted by Crippen LogP contribution is -2.60. The van der Waals surface area contributed by atoms with Gasteiger partial charge in [0.25, 0.3) is 6.71 Å². The molecule has 3 aromatic rings. The summed E-state index contributed by atoms with van der Waals surface area (Å²) in [6.07, 6.45) is 0. The molecule has 0 atom stereocenters. The van der Waals surface area contributed by atoms with Crippen molar-refractivity contribution in [1.82, 2.24) is 0 Å². The van der Waals surface area contributed by atoms with Crippen molar-refractivity contribution in [3.8, 4) is 0 Å². The number of hydrogen-bond donors (Lipinski definition) is 0. The molecule has 0 aliphatic carbocycles. The van der Waals surface area contributed by atoms with E-state index in [1.165, 1.54) is 0 Å². The Balaban J connectivity index is 2.64. The Morgan fingerprint density at radius 3 is 1.06 bits per heavy atom. The van der Waals surface area contributed by atoms with E-state index in [-0.39, 0.29) is 12.1 Å². The zero-order valence-electron chi connectivity index (χ0n) is 15.3. The van der Waals surface area contributed by atoms with Gasteiger partial charge in [-0.2, -0.15) is 0 Å². The van der Waals surface area contributed by atoms with Gasteiger partial charge in [-0.25, -0.2) is 52.7 Å². The van der Waals surface area contributed by atoms with Crippen molar-refractivity contribution in [2.75, 3.05) is 0 Å². The predicted molar refractivity (Wildman–Crippen MR) is 88.2 cm³/mol. The summed E-state index contributed by atoms with van der Waals surface area (Å²) in [6.45, 7) is -2.90. The van der Waals surface area contributed by atoms with Crippen LogP contribution in [-0.4, -0.2) is 6.71 Å². The van der Waals surface area contributed by atoms with E-state index in [1.807, 2.05) is 0 Å². The van der Waals surface area contributed by atoms with Crippen LogP contribution in [0.2, 0.25) is 0 Å². The van der Waals surface area contributed by atoms with Gasteiger partial charge in [0, 0.05) is 34.1 Å². The highest BCUT2D eigenvalue weighted by Crippen LogP contribution is 2.21. The third-order valence-corrected chi connectivity index (χ3v) is 4.67. The van der Waals surface area contributed by atoms with E-state index in [1.54, 1.807) is 0 Å². The molecule has 0 N–H and O–H groups in total. The summed E-state index contributed by atoms with van der Waals surface area (Å²) in [7, 11) is 0. The molecular formula is C19H5BF12. The fourth-order valence-electron chi connectivity index (χ4n) is 3.15. The minimum absolute atomic E-state index is 0.382. The van der Waals surface area contributed by atoms with Crippen molar-refractivity contribution in [1.29, 1.82) is 0 Å². The van der Waals surface area contributed by atoms with Gasteiger partial charge in [-0.3, -0.25) is 0 Å². The van der Waals surface area contributed by atoms with E-state index < -0.39 is 98.5 Å². The maximum Gasteiger partial charge on any atom is 0.264 e. The third kappa shape index (κ3) is 3.39. The molecule has 0 radical (unpaired) electrons. The average molecular weight is 472 g/mol. The first-order valence-electron chi connectivity index (χ1n) is 8.29. The molecule has 0 amide bonds. The van der Waals surface area contributed by atoms with Crippen molar-refractivity contribution in [2.24, 2.45) is 0 Å². The monoisotopic (exact) mass is 472 g/mol. The van der Waals surface area contributed by atoms with Crippen LogP contribution < -0.4 is 16.4 Å². The minimum Gasteiger partial charge on any atom is -0.207 e. The van der Waals surface area contributed by atoms with Crippen LogP contribution in [0.3, 0.4) is 0 Å². The highest BCUT2D eigenvalue weighted by atomic mass is 19.2. The summed E-state index contributed by atoms with van der Waals surface area (Å²) in [5, 5.41) is 0. The largest absolute Gasteiger partial charge is 0.264 e.